The Kier molecular flexibility index (Phi) is 3.88. The number of aromatic nitrogens is 1. The van der Waals surface area contributed by atoms with Crippen molar-refractivity contribution >= 4 is 17.2 Å². The monoisotopic (exact) mass is 331 g/mol. The van der Waals surface area contributed by atoms with E-state index < -0.39 is 0 Å². The molecular weight excluding hydrogens is 314 g/mol. The van der Waals surface area contributed by atoms with Gasteiger partial charge in [-0.15, -0.1) is 11.3 Å². The predicted molar refractivity (Wildman–Crippen MR) is 87.0 cm³/mol. The summed E-state index contributed by atoms with van der Waals surface area (Å²) in [5, 5.41) is 8.93. The Hall–Kier alpha value is -2.12. The zero-order valence-corrected chi connectivity index (χ0v) is 13.3. The topological polar surface area (TPSA) is 72.5 Å². The van der Waals surface area contributed by atoms with E-state index in [0.29, 0.717) is 5.69 Å². The summed E-state index contributed by atoms with van der Waals surface area (Å²) in [5.74, 6) is 1.35. The van der Waals surface area contributed by atoms with Gasteiger partial charge in [-0.25, -0.2) is 4.98 Å². The van der Waals surface area contributed by atoms with E-state index in [1.54, 1.807) is 5.38 Å². The lowest BCUT2D eigenvalue weighted by atomic mass is 10.1. The van der Waals surface area contributed by atoms with Gasteiger partial charge in [0.2, 0.25) is 6.79 Å². The van der Waals surface area contributed by atoms with Crippen molar-refractivity contribution in [3.8, 4) is 22.1 Å². The molecule has 1 aromatic heterocycles. The number of hydrogen-bond acceptors (Lipinski definition) is 6. The molecule has 0 aliphatic carbocycles. The zero-order chi connectivity index (χ0) is 15.6. The molecule has 1 amide bonds. The number of benzene rings is 1. The number of amides is 1. The minimum absolute atomic E-state index is 0.109. The molecule has 2 aliphatic heterocycles. The van der Waals surface area contributed by atoms with Crippen LogP contribution in [0.3, 0.4) is 0 Å². The van der Waals surface area contributed by atoms with E-state index in [2.05, 4.69) is 15.6 Å². The van der Waals surface area contributed by atoms with Crippen molar-refractivity contribution in [1.29, 1.82) is 0 Å². The van der Waals surface area contributed by atoms with Gasteiger partial charge >= 0.3 is 0 Å². The molecule has 0 radical (unpaired) electrons. The number of nitrogens with zero attached hydrogens (tertiary/aromatic N) is 1. The molecule has 0 bridgehead atoms. The lowest BCUT2D eigenvalue weighted by Gasteiger charge is -2.23. The van der Waals surface area contributed by atoms with E-state index in [1.807, 2.05) is 18.2 Å². The largest absolute Gasteiger partial charge is 0.454 e. The maximum absolute atomic E-state index is 12.3. The summed E-state index contributed by atoms with van der Waals surface area (Å²) in [5.41, 5.74) is 1.39. The van der Waals surface area contributed by atoms with Gasteiger partial charge in [0.1, 0.15) is 10.7 Å². The molecular formula is C16H17N3O3S. The maximum atomic E-state index is 12.3. The SMILES string of the molecule is O=C(NC1CCCNC1)c1csc(-c2ccc3c(c2)OCO3)n1. The highest BCUT2D eigenvalue weighted by atomic mass is 32.1. The Morgan fingerprint density at radius 2 is 2.26 bits per heavy atom. The van der Waals surface area contributed by atoms with E-state index in [-0.39, 0.29) is 18.7 Å². The second-order valence-corrected chi connectivity index (χ2v) is 6.48. The third-order valence-corrected chi connectivity index (χ3v) is 4.88. The van der Waals surface area contributed by atoms with Crippen molar-refractivity contribution in [1.82, 2.24) is 15.6 Å². The van der Waals surface area contributed by atoms with Gasteiger partial charge in [0.05, 0.1) is 0 Å². The third kappa shape index (κ3) is 3.02. The molecule has 2 aliphatic rings. The van der Waals surface area contributed by atoms with Gasteiger partial charge in [-0.1, -0.05) is 0 Å². The molecule has 1 fully saturated rings. The molecule has 23 heavy (non-hydrogen) atoms. The van der Waals surface area contributed by atoms with Crippen LogP contribution in [0.25, 0.3) is 10.6 Å². The number of carbonyl (C=O) groups is 1. The Labute approximate surface area is 137 Å². The van der Waals surface area contributed by atoms with Gasteiger partial charge in [-0.2, -0.15) is 0 Å². The molecule has 7 heteroatoms. The van der Waals surface area contributed by atoms with Crippen LogP contribution >= 0.6 is 11.3 Å². The van der Waals surface area contributed by atoms with E-state index in [4.69, 9.17) is 9.47 Å². The molecule has 1 saturated heterocycles. The van der Waals surface area contributed by atoms with E-state index in [9.17, 15) is 4.79 Å². The van der Waals surface area contributed by atoms with Gasteiger partial charge in [0.15, 0.2) is 11.5 Å². The van der Waals surface area contributed by atoms with Crippen LogP contribution in [-0.2, 0) is 0 Å². The average molecular weight is 331 g/mol. The van der Waals surface area contributed by atoms with Crippen molar-refractivity contribution in [3.63, 3.8) is 0 Å². The van der Waals surface area contributed by atoms with Crippen molar-refractivity contribution < 1.29 is 14.3 Å². The normalized spacial score (nSPS) is 19.6. The van der Waals surface area contributed by atoms with Crippen LogP contribution in [0.15, 0.2) is 23.6 Å². The van der Waals surface area contributed by atoms with Crippen LogP contribution in [0.4, 0.5) is 0 Å². The van der Waals surface area contributed by atoms with E-state index >= 15 is 0 Å². The Balaban J connectivity index is 1.48. The fraction of sp³-hybridized carbons (Fsp3) is 0.375. The van der Waals surface area contributed by atoms with Gasteiger partial charge in [-0.05, 0) is 37.6 Å². The summed E-state index contributed by atoms with van der Waals surface area (Å²) in [4.78, 5) is 16.8. The third-order valence-electron chi connectivity index (χ3n) is 3.99. The van der Waals surface area contributed by atoms with Gasteiger partial charge < -0.3 is 20.1 Å². The lowest BCUT2D eigenvalue weighted by molar-refractivity contribution is 0.0926. The van der Waals surface area contributed by atoms with Crippen LogP contribution in [0.1, 0.15) is 23.3 Å². The van der Waals surface area contributed by atoms with Gasteiger partial charge in [0, 0.05) is 23.5 Å². The highest BCUT2D eigenvalue weighted by Crippen LogP contribution is 2.36. The van der Waals surface area contributed by atoms with Gasteiger partial charge in [-0.3, -0.25) is 4.79 Å². The summed E-state index contributed by atoms with van der Waals surface area (Å²) >= 11 is 1.45. The van der Waals surface area contributed by atoms with E-state index in [0.717, 1.165) is 48.0 Å². The first-order valence-electron chi connectivity index (χ1n) is 7.67. The van der Waals surface area contributed by atoms with Crippen molar-refractivity contribution in [2.24, 2.45) is 0 Å². The second kappa shape index (κ2) is 6.17. The molecule has 0 saturated carbocycles. The highest BCUT2D eigenvalue weighted by molar-refractivity contribution is 7.13. The standard InChI is InChI=1S/C16H17N3O3S/c20-15(18-11-2-1-5-17-7-11)12-8-23-16(19-12)10-3-4-13-14(6-10)22-9-21-13/h3-4,6,8,11,17H,1-2,5,7,9H2,(H,18,20). The summed E-state index contributed by atoms with van der Waals surface area (Å²) in [6, 6.07) is 5.88. The summed E-state index contributed by atoms with van der Waals surface area (Å²) < 4.78 is 10.7. The molecule has 1 atom stereocenters. The van der Waals surface area contributed by atoms with Crippen LogP contribution in [0.5, 0.6) is 11.5 Å². The quantitative estimate of drug-likeness (QED) is 0.900. The van der Waals surface area contributed by atoms with E-state index in [1.165, 1.54) is 11.3 Å². The Morgan fingerprint density at radius 3 is 3.13 bits per heavy atom. The predicted octanol–water partition coefficient (Wildman–Crippen LogP) is 2.02. The number of hydrogen-bond donors (Lipinski definition) is 2. The average Bonchev–Trinajstić information content (AvgIpc) is 3.24. The number of nitrogens with one attached hydrogen (secondary N) is 2. The number of carbonyl (C=O) groups excluding carboxylic acids is 1. The fourth-order valence-electron chi connectivity index (χ4n) is 2.77. The molecule has 6 nitrogen and oxygen atoms in total. The Morgan fingerprint density at radius 1 is 1.35 bits per heavy atom. The zero-order valence-electron chi connectivity index (χ0n) is 12.5. The first-order chi connectivity index (χ1) is 11.3. The maximum Gasteiger partial charge on any atom is 0.271 e. The number of rotatable bonds is 3. The Bertz CT molecular complexity index is 725. The summed E-state index contributed by atoms with van der Waals surface area (Å²) in [6.45, 7) is 2.10. The highest BCUT2D eigenvalue weighted by Gasteiger charge is 2.19. The number of fused-ring (bicyclic) bond motifs is 1. The molecule has 1 aromatic carbocycles. The molecule has 0 spiro atoms. The van der Waals surface area contributed by atoms with Gasteiger partial charge in [0.25, 0.3) is 5.91 Å². The van der Waals surface area contributed by atoms with Crippen molar-refractivity contribution in [2.45, 2.75) is 18.9 Å². The molecule has 4 rings (SSSR count). The molecule has 2 aromatic rings. The van der Waals surface area contributed by atoms with Crippen LogP contribution in [0.2, 0.25) is 0 Å². The molecule has 1 unspecified atom stereocenters. The number of piperidine rings is 1. The second-order valence-electron chi connectivity index (χ2n) is 5.62. The molecule has 120 valence electrons. The lowest BCUT2D eigenvalue weighted by Crippen LogP contribution is -2.45. The number of ether oxygens (including phenoxy) is 2. The number of thiazole rings is 1. The first kappa shape index (κ1) is 14.5. The summed E-state index contributed by atoms with van der Waals surface area (Å²) in [6.07, 6.45) is 2.10. The van der Waals surface area contributed by atoms with Crippen LogP contribution in [-0.4, -0.2) is 36.8 Å². The van der Waals surface area contributed by atoms with Crippen LogP contribution in [0, 0.1) is 0 Å². The summed E-state index contributed by atoms with van der Waals surface area (Å²) in [7, 11) is 0. The smallest absolute Gasteiger partial charge is 0.271 e. The fourth-order valence-corrected chi connectivity index (χ4v) is 3.57. The minimum Gasteiger partial charge on any atom is -0.454 e. The molecule has 3 heterocycles. The minimum atomic E-state index is -0.109. The van der Waals surface area contributed by atoms with Crippen molar-refractivity contribution in [2.75, 3.05) is 19.9 Å². The van der Waals surface area contributed by atoms with Crippen LogP contribution < -0.4 is 20.1 Å². The first-order valence-corrected chi connectivity index (χ1v) is 8.55. The molecule has 2 N–H and O–H groups in total. The van der Waals surface area contributed by atoms with Crippen molar-refractivity contribution in [3.05, 3.63) is 29.3 Å².